The fourth-order valence-corrected chi connectivity index (χ4v) is 2.39. The largest absolute Gasteiger partial charge is 0.490 e. The fraction of sp³-hybridized carbons (Fsp3) is 0.364. The number of carbonyl (C=O) groups is 2. The van der Waals surface area contributed by atoms with Crippen LogP contribution in [0.2, 0.25) is 0 Å². The normalized spacial score (nSPS) is 11.7. The van der Waals surface area contributed by atoms with Gasteiger partial charge in [-0.15, -0.1) is 0 Å². The zero-order valence-corrected chi connectivity index (χ0v) is 17.3. The molecule has 0 bridgehead atoms. The molecule has 6 nitrogen and oxygen atoms in total. The molecule has 0 spiro atoms. The van der Waals surface area contributed by atoms with Gasteiger partial charge in [0.1, 0.15) is 11.6 Å². The van der Waals surface area contributed by atoms with E-state index in [2.05, 4.69) is 5.32 Å². The Morgan fingerprint density at radius 3 is 2.37 bits per heavy atom. The van der Waals surface area contributed by atoms with E-state index in [1.54, 1.807) is 13.0 Å². The maximum Gasteiger partial charge on any atom is 0.339 e. The average molecular weight is 421 g/mol. The topological polar surface area (TPSA) is 73.9 Å². The van der Waals surface area contributed by atoms with Gasteiger partial charge < -0.3 is 19.5 Å². The highest BCUT2D eigenvalue weighted by Crippen LogP contribution is 2.29. The van der Waals surface area contributed by atoms with Crippen molar-refractivity contribution in [2.75, 3.05) is 18.5 Å². The molecule has 0 saturated heterocycles. The van der Waals surface area contributed by atoms with Crippen LogP contribution >= 0.6 is 0 Å². The molecule has 1 amide bonds. The molecule has 0 saturated carbocycles. The second-order valence-electron chi connectivity index (χ2n) is 6.96. The Kier molecular flexibility index (Phi) is 8.15. The number of amides is 1. The number of carbonyl (C=O) groups excluding carboxylic acids is 2. The number of hydrogen-bond donors (Lipinski definition) is 1. The lowest BCUT2D eigenvalue weighted by molar-refractivity contribution is -0.123. The van der Waals surface area contributed by atoms with E-state index in [1.807, 2.05) is 13.8 Å². The predicted octanol–water partition coefficient (Wildman–Crippen LogP) is 4.58. The molecule has 0 aliphatic carbocycles. The van der Waals surface area contributed by atoms with E-state index in [1.165, 1.54) is 19.1 Å². The highest BCUT2D eigenvalue weighted by molar-refractivity contribution is 5.97. The van der Waals surface area contributed by atoms with Gasteiger partial charge in [0.25, 0.3) is 5.91 Å². The minimum Gasteiger partial charge on any atom is -0.490 e. The van der Waals surface area contributed by atoms with Crippen LogP contribution in [0.25, 0.3) is 0 Å². The molecule has 8 heteroatoms. The standard InChI is InChI=1S/C22H25F2NO5/c1-5-28-20-10-15(6-9-19(20)29-12-13(2)3)22(27)30-14(4)21(26)25-18-8-7-16(23)11-17(18)24/h6-11,13-14H,5,12H2,1-4H3,(H,25,26)/t14-/m1/s1. The van der Waals surface area contributed by atoms with E-state index < -0.39 is 29.6 Å². The summed E-state index contributed by atoms with van der Waals surface area (Å²) >= 11 is 0. The SMILES string of the molecule is CCOc1cc(C(=O)O[C@H](C)C(=O)Nc2ccc(F)cc2F)ccc1OCC(C)C. The summed E-state index contributed by atoms with van der Waals surface area (Å²) in [6, 6.07) is 7.32. The second-order valence-corrected chi connectivity index (χ2v) is 6.96. The Labute approximate surface area is 174 Å². The maximum atomic E-state index is 13.7. The van der Waals surface area contributed by atoms with Crippen LogP contribution in [0.15, 0.2) is 36.4 Å². The minimum absolute atomic E-state index is 0.169. The number of esters is 1. The molecule has 2 aromatic rings. The van der Waals surface area contributed by atoms with Crippen LogP contribution in [0.4, 0.5) is 14.5 Å². The van der Waals surface area contributed by atoms with Gasteiger partial charge >= 0.3 is 5.97 Å². The van der Waals surface area contributed by atoms with Gasteiger partial charge in [0.2, 0.25) is 0 Å². The van der Waals surface area contributed by atoms with E-state index in [-0.39, 0.29) is 11.3 Å². The number of hydrogen-bond acceptors (Lipinski definition) is 5. The van der Waals surface area contributed by atoms with Crippen LogP contribution in [0.1, 0.15) is 38.1 Å². The van der Waals surface area contributed by atoms with Gasteiger partial charge in [-0.25, -0.2) is 13.6 Å². The first-order chi connectivity index (χ1) is 14.2. The van der Waals surface area contributed by atoms with Crippen molar-refractivity contribution in [1.29, 1.82) is 0 Å². The number of nitrogens with one attached hydrogen (secondary N) is 1. The molecule has 30 heavy (non-hydrogen) atoms. The van der Waals surface area contributed by atoms with E-state index in [4.69, 9.17) is 14.2 Å². The Bertz CT molecular complexity index is 901. The van der Waals surface area contributed by atoms with Crippen molar-refractivity contribution in [2.45, 2.75) is 33.8 Å². The highest BCUT2D eigenvalue weighted by atomic mass is 19.1. The summed E-state index contributed by atoms with van der Waals surface area (Å²) in [6.45, 7) is 8.03. The van der Waals surface area contributed by atoms with Crippen molar-refractivity contribution >= 4 is 17.6 Å². The fourth-order valence-electron chi connectivity index (χ4n) is 2.39. The van der Waals surface area contributed by atoms with E-state index >= 15 is 0 Å². The summed E-state index contributed by atoms with van der Waals surface area (Å²) in [4.78, 5) is 24.6. The molecule has 1 N–H and O–H groups in total. The van der Waals surface area contributed by atoms with Crippen LogP contribution in [0.3, 0.4) is 0 Å². The molecule has 1 atom stereocenters. The van der Waals surface area contributed by atoms with Crippen LogP contribution in [-0.2, 0) is 9.53 Å². The predicted molar refractivity (Wildman–Crippen MR) is 108 cm³/mol. The van der Waals surface area contributed by atoms with Crippen molar-refractivity contribution < 1.29 is 32.6 Å². The molecule has 0 aliphatic rings. The maximum absolute atomic E-state index is 13.7. The van der Waals surface area contributed by atoms with Gasteiger partial charge in [0, 0.05) is 6.07 Å². The lowest BCUT2D eigenvalue weighted by Crippen LogP contribution is -2.30. The Balaban J connectivity index is 2.06. The van der Waals surface area contributed by atoms with Crippen LogP contribution in [-0.4, -0.2) is 31.2 Å². The molecule has 2 rings (SSSR count). The van der Waals surface area contributed by atoms with Crippen molar-refractivity contribution in [3.8, 4) is 11.5 Å². The smallest absolute Gasteiger partial charge is 0.339 e. The Morgan fingerprint density at radius 1 is 1.00 bits per heavy atom. The first kappa shape index (κ1) is 23.1. The summed E-state index contributed by atoms with van der Waals surface area (Å²) in [5.41, 5.74) is -0.0439. The molecule has 0 fully saturated rings. The summed E-state index contributed by atoms with van der Waals surface area (Å²) in [5, 5.41) is 2.26. The van der Waals surface area contributed by atoms with Crippen molar-refractivity contribution in [1.82, 2.24) is 0 Å². The van der Waals surface area contributed by atoms with E-state index in [0.29, 0.717) is 36.7 Å². The van der Waals surface area contributed by atoms with Gasteiger partial charge in [-0.2, -0.15) is 0 Å². The van der Waals surface area contributed by atoms with E-state index in [0.717, 1.165) is 12.1 Å². The molecule has 0 unspecified atom stereocenters. The van der Waals surface area contributed by atoms with Gasteiger partial charge in [-0.3, -0.25) is 4.79 Å². The van der Waals surface area contributed by atoms with Gasteiger partial charge in [0.15, 0.2) is 17.6 Å². The summed E-state index contributed by atoms with van der Waals surface area (Å²) in [7, 11) is 0. The number of anilines is 1. The molecule has 0 aliphatic heterocycles. The second kappa shape index (κ2) is 10.6. The third kappa shape index (κ3) is 6.43. The van der Waals surface area contributed by atoms with Crippen LogP contribution in [0, 0.1) is 17.6 Å². The number of halogens is 2. The lowest BCUT2D eigenvalue weighted by Gasteiger charge is -2.16. The minimum atomic E-state index is -1.21. The molecule has 162 valence electrons. The number of ether oxygens (including phenoxy) is 3. The molecular formula is C22H25F2NO5. The molecule has 0 radical (unpaired) electrons. The van der Waals surface area contributed by atoms with Crippen LogP contribution in [0.5, 0.6) is 11.5 Å². The molecular weight excluding hydrogens is 396 g/mol. The molecule has 2 aromatic carbocycles. The first-order valence-corrected chi connectivity index (χ1v) is 9.57. The summed E-state index contributed by atoms with van der Waals surface area (Å²) < 4.78 is 43.0. The van der Waals surface area contributed by atoms with Crippen molar-refractivity contribution in [2.24, 2.45) is 5.92 Å². The Morgan fingerprint density at radius 2 is 1.73 bits per heavy atom. The number of rotatable bonds is 9. The first-order valence-electron chi connectivity index (χ1n) is 9.57. The molecule has 0 heterocycles. The number of benzene rings is 2. The third-order valence-electron chi connectivity index (χ3n) is 3.89. The summed E-state index contributed by atoms with van der Waals surface area (Å²) in [6.07, 6.45) is -1.21. The van der Waals surface area contributed by atoms with Crippen LogP contribution < -0.4 is 14.8 Å². The monoisotopic (exact) mass is 421 g/mol. The van der Waals surface area contributed by atoms with Gasteiger partial charge in [-0.1, -0.05) is 13.8 Å². The Hall–Kier alpha value is -3.16. The van der Waals surface area contributed by atoms with Gasteiger partial charge in [0.05, 0.1) is 24.5 Å². The zero-order valence-electron chi connectivity index (χ0n) is 17.3. The van der Waals surface area contributed by atoms with Crippen molar-refractivity contribution in [3.05, 3.63) is 53.6 Å². The zero-order chi connectivity index (χ0) is 22.3. The quantitative estimate of drug-likeness (QED) is 0.600. The van der Waals surface area contributed by atoms with Crippen molar-refractivity contribution in [3.63, 3.8) is 0 Å². The highest BCUT2D eigenvalue weighted by Gasteiger charge is 2.21. The summed E-state index contributed by atoms with van der Waals surface area (Å²) in [5.74, 6) is -2.01. The molecule has 0 aromatic heterocycles. The van der Waals surface area contributed by atoms with E-state index in [9.17, 15) is 18.4 Å². The average Bonchev–Trinajstić information content (AvgIpc) is 2.69. The lowest BCUT2D eigenvalue weighted by atomic mass is 10.2. The van der Waals surface area contributed by atoms with Gasteiger partial charge in [-0.05, 0) is 50.1 Å². The third-order valence-corrected chi connectivity index (χ3v) is 3.89.